The average molecular weight is 526 g/mol. The van der Waals surface area contributed by atoms with E-state index in [1.165, 1.54) is 18.3 Å². The molecule has 194 valence electrons. The van der Waals surface area contributed by atoms with Gasteiger partial charge in [0.05, 0.1) is 39.8 Å². The fourth-order valence-corrected chi connectivity index (χ4v) is 4.22. The fourth-order valence-electron chi connectivity index (χ4n) is 3.91. The van der Waals surface area contributed by atoms with Gasteiger partial charge in [0.2, 0.25) is 5.88 Å². The lowest BCUT2D eigenvalue weighted by molar-refractivity contribution is -0.135. The first-order chi connectivity index (χ1) is 17.6. The van der Waals surface area contributed by atoms with Crippen molar-refractivity contribution in [3.63, 3.8) is 0 Å². The number of anilines is 3. The molecule has 0 radical (unpaired) electrons. The third kappa shape index (κ3) is 5.10. The number of nitrogens with one attached hydrogen (secondary N) is 2. The van der Waals surface area contributed by atoms with Gasteiger partial charge in [-0.3, -0.25) is 9.48 Å². The number of nitrogens with zero attached hydrogens (tertiary/aromatic N) is 5. The Labute approximate surface area is 219 Å². The number of hydrogen-bond acceptors (Lipinski definition) is 9. The maximum Gasteiger partial charge on any atom is 0.262 e. The van der Waals surface area contributed by atoms with Crippen LogP contribution in [0, 0.1) is 5.82 Å². The van der Waals surface area contributed by atoms with Crippen molar-refractivity contribution >= 4 is 46.6 Å². The van der Waals surface area contributed by atoms with Gasteiger partial charge in [0.25, 0.3) is 5.91 Å². The highest BCUT2D eigenvalue weighted by molar-refractivity contribution is 7.80. The molecule has 2 aromatic heterocycles. The number of thiol groups is 1. The van der Waals surface area contributed by atoms with Crippen molar-refractivity contribution in [3.8, 4) is 22.8 Å². The minimum atomic E-state index is -0.812. The Kier molecular flexibility index (Phi) is 7.39. The normalized spacial score (nSPS) is 11.8. The molecule has 4 aromatic rings. The van der Waals surface area contributed by atoms with Crippen LogP contribution >= 0.6 is 12.6 Å². The van der Waals surface area contributed by atoms with Crippen LogP contribution in [-0.2, 0) is 11.8 Å². The van der Waals surface area contributed by atoms with Gasteiger partial charge >= 0.3 is 0 Å². The second-order valence-electron chi connectivity index (χ2n) is 8.51. The Morgan fingerprint density at radius 3 is 2.62 bits per heavy atom. The molecule has 0 unspecified atom stereocenters. The highest BCUT2D eigenvalue weighted by Crippen LogP contribution is 2.40. The van der Waals surface area contributed by atoms with E-state index in [2.05, 4.69) is 38.3 Å². The Morgan fingerprint density at radius 1 is 1.22 bits per heavy atom. The standard InChI is InChI=1S/C25H28FN7O3S/c1-13(25(34)32(3)4)36-19-10-14(15-11-33(5)31-24(15)35-6)9-18-20(19)23(29-12-28-18)30-16-7-8-17(27-2)22(37)21(16)26/h7-13,27,37H,1-6H3,(H,28,29,30)/t13-/m1/s1. The second-order valence-corrected chi connectivity index (χ2v) is 8.95. The quantitative estimate of drug-likeness (QED) is 0.295. The number of fused-ring (bicyclic) bond motifs is 1. The highest BCUT2D eigenvalue weighted by Gasteiger charge is 2.23. The first-order valence-corrected chi connectivity index (χ1v) is 11.8. The fraction of sp³-hybridized carbons (Fsp3) is 0.280. The Morgan fingerprint density at radius 2 is 1.95 bits per heavy atom. The van der Waals surface area contributed by atoms with Gasteiger partial charge < -0.3 is 25.0 Å². The lowest BCUT2D eigenvalue weighted by atomic mass is 10.0. The summed E-state index contributed by atoms with van der Waals surface area (Å²) in [6.45, 7) is 1.66. The number of aryl methyl sites for hydroxylation is 1. The molecule has 10 nitrogen and oxygen atoms in total. The number of amides is 1. The van der Waals surface area contributed by atoms with Crippen LogP contribution in [-0.4, -0.2) is 64.9 Å². The van der Waals surface area contributed by atoms with Gasteiger partial charge in [-0.25, -0.2) is 14.4 Å². The molecule has 4 rings (SSSR count). The van der Waals surface area contributed by atoms with Crippen molar-refractivity contribution in [2.45, 2.75) is 17.9 Å². The topological polar surface area (TPSA) is 106 Å². The van der Waals surface area contributed by atoms with Crippen LogP contribution in [0.2, 0.25) is 0 Å². The first kappa shape index (κ1) is 26.0. The average Bonchev–Trinajstić information content (AvgIpc) is 3.27. The van der Waals surface area contributed by atoms with E-state index >= 15 is 4.39 Å². The lowest BCUT2D eigenvalue weighted by Crippen LogP contribution is -2.35. The molecule has 37 heavy (non-hydrogen) atoms. The number of benzene rings is 2. The highest BCUT2D eigenvalue weighted by atomic mass is 32.1. The molecule has 2 aromatic carbocycles. The zero-order valence-electron chi connectivity index (χ0n) is 21.3. The predicted octanol–water partition coefficient (Wildman–Crippen LogP) is 4.11. The summed E-state index contributed by atoms with van der Waals surface area (Å²) in [6, 6.07) is 6.89. The molecule has 12 heteroatoms. The third-order valence-corrected chi connectivity index (χ3v) is 6.17. The molecule has 1 amide bonds. The van der Waals surface area contributed by atoms with Crippen LogP contribution in [0.1, 0.15) is 6.92 Å². The number of methoxy groups -OCH3 is 1. The Balaban J connectivity index is 1.89. The smallest absolute Gasteiger partial charge is 0.262 e. The van der Waals surface area contributed by atoms with Gasteiger partial charge in [-0.1, -0.05) is 0 Å². The monoisotopic (exact) mass is 525 g/mol. The molecule has 0 aliphatic rings. The molecule has 0 aliphatic carbocycles. The predicted molar refractivity (Wildman–Crippen MR) is 144 cm³/mol. The molecule has 2 N–H and O–H groups in total. The van der Waals surface area contributed by atoms with E-state index in [1.54, 1.807) is 58.0 Å². The number of carbonyl (C=O) groups excluding carboxylic acids is 1. The number of carbonyl (C=O) groups is 1. The molecule has 0 saturated heterocycles. The maximum absolute atomic E-state index is 15.1. The van der Waals surface area contributed by atoms with E-state index in [0.717, 1.165) is 0 Å². The van der Waals surface area contributed by atoms with E-state index < -0.39 is 11.9 Å². The van der Waals surface area contributed by atoms with Crippen molar-refractivity contribution in [2.75, 3.05) is 38.9 Å². The summed E-state index contributed by atoms with van der Waals surface area (Å²) in [7, 11) is 8.32. The minimum absolute atomic E-state index is 0.165. The van der Waals surface area contributed by atoms with Gasteiger partial charge in [0.1, 0.15) is 17.9 Å². The van der Waals surface area contributed by atoms with E-state index in [1.807, 2.05) is 12.3 Å². The molecule has 1 atom stereocenters. The van der Waals surface area contributed by atoms with Crippen LogP contribution in [0.3, 0.4) is 0 Å². The first-order valence-electron chi connectivity index (χ1n) is 11.3. The number of ether oxygens (including phenoxy) is 2. The van der Waals surface area contributed by atoms with Crippen molar-refractivity contribution in [2.24, 2.45) is 7.05 Å². The van der Waals surface area contributed by atoms with Crippen molar-refractivity contribution in [1.82, 2.24) is 24.6 Å². The second kappa shape index (κ2) is 10.5. The summed E-state index contributed by atoms with van der Waals surface area (Å²) >= 11 is 4.29. The summed E-state index contributed by atoms with van der Waals surface area (Å²) in [5, 5.41) is 10.7. The number of halogens is 1. The van der Waals surface area contributed by atoms with Gasteiger partial charge in [0, 0.05) is 34.4 Å². The van der Waals surface area contributed by atoms with Gasteiger partial charge in [-0.15, -0.1) is 17.7 Å². The van der Waals surface area contributed by atoms with Crippen LogP contribution in [0.5, 0.6) is 11.6 Å². The lowest BCUT2D eigenvalue weighted by Gasteiger charge is -2.21. The van der Waals surface area contributed by atoms with Gasteiger partial charge in [-0.2, -0.15) is 0 Å². The SMILES string of the molecule is CNc1ccc(Nc2ncnc3cc(-c4cn(C)nc4OC)cc(O[C@H](C)C(=O)N(C)C)c23)c(F)c1S. The van der Waals surface area contributed by atoms with Crippen molar-refractivity contribution in [3.05, 3.63) is 42.6 Å². The molecule has 0 fully saturated rings. The summed E-state index contributed by atoms with van der Waals surface area (Å²) in [5.74, 6) is 0.292. The molecule has 0 bridgehead atoms. The van der Waals surface area contributed by atoms with E-state index in [4.69, 9.17) is 9.47 Å². The number of likely N-dealkylation sites (N-methyl/N-ethyl adjacent to an activating group) is 1. The maximum atomic E-state index is 15.1. The van der Waals surface area contributed by atoms with Gasteiger partial charge in [-0.05, 0) is 36.8 Å². The molecule has 0 spiro atoms. The molecule has 0 saturated carbocycles. The number of aromatic nitrogens is 4. The summed E-state index contributed by atoms with van der Waals surface area (Å²) in [5.41, 5.74) is 2.66. The summed E-state index contributed by atoms with van der Waals surface area (Å²) in [6.07, 6.45) is 2.37. The molecule has 0 aliphatic heterocycles. The molecular formula is C25H28FN7O3S. The zero-order valence-corrected chi connectivity index (χ0v) is 22.2. The summed E-state index contributed by atoms with van der Waals surface area (Å²) < 4.78 is 28.3. The number of hydrogen-bond donors (Lipinski definition) is 3. The molecule has 2 heterocycles. The largest absolute Gasteiger partial charge is 0.480 e. The van der Waals surface area contributed by atoms with Gasteiger partial charge in [0.15, 0.2) is 11.9 Å². The van der Waals surface area contributed by atoms with Crippen molar-refractivity contribution in [1.29, 1.82) is 0 Å². The van der Waals surface area contributed by atoms with Crippen LogP contribution in [0.25, 0.3) is 22.0 Å². The minimum Gasteiger partial charge on any atom is -0.480 e. The number of rotatable bonds is 8. The van der Waals surface area contributed by atoms with Crippen LogP contribution < -0.4 is 20.1 Å². The summed E-state index contributed by atoms with van der Waals surface area (Å²) in [4.78, 5) is 23.0. The van der Waals surface area contributed by atoms with Crippen molar-refractivity contribution < 1.29 is 18.7 Å². The van der Waals surface area contributed by atoms with E-state index in [0.29, 0.717) is 45.2 Å². The van der Waals surface area contributed by atoms with Crippen LogP contribution in [0.4, 0.5) is 21.6 Å². The molecular weight excluding hydrogens is 497 g/mol. The van der Waals surface area contributed by atoms with E-state index in [9.17, 15) is 4.79 Å². The Bertz CT molecular complexity index is 1470. The van der Waals surface area contributed by atoms with E-state index in [-0.39, 0.29) is 16.5 Å². The Hall–Kier alpha value is -4.06. The third-order valence-electron chi connectivity index (χ3n) is 5.73. The zero-order chi connectivity index (χ0) is 26.9. The van der Waals surface area contributed by atoms with Crippen LogP contribution in [0.15, 0.2) is 41.7 Å².